The van der Waals surface area contributed by atoms with Crippen LogP contribution in [-0.4, -0.2) is 73.8 Å². The molecule has 0 saturated carbocycles. The molecule has 3 unspecified atom stereocenters. The molecular formula is C32H47N3O4. The molecule has 7 nitrogen and oxygen atoms in total. The van der Waals surface area contributed by atoms with Crippen LogP contribution in [0.2, 0.25) is 0 Å². The Bertz CT molecular complexity index is 1010. The van der Waals surface area contributed by atoms with Gasteiger partial charge in [-0.1, -0.05) is 70.3 Å². The van der Waals surface area contributed by atoms with E-state index >= 15 is 0 Å². The number of rotatable bonds is 13. The molecule has 2 amide bonds. The van der Waals surface area contributed by atoms with Gasteiger partial charge in [-0.25, -0.2) is 0 Å². The van der Waals surface area contributed by atoms with Gasteiger partial charge in [-0.3, -0.25) is 9.59 Å². The molecule has 214 valence electrons. The third-order valence-electron chi connectivity index (χ3n) is 7.58. The molecule has 0 bridgehead atoms. The summed E-state index contributed by atoms with van der Waals surface area (Å²) in [6, 6.07) is 7.97. The molecule has 1 aromatic rings. The lowest BCUT2D eigenvalue weighted by Gasteiger charge is -2.34. The van der Waals surface area contributed by atoms with Crippen LogP contribution in [0, 0.1) is 5.92 Å². The zero-order valence-corrected chi connectivity index (χ0v) is 24.4. The first-order chi connectivity index (χ1) is 18.8. The highest BCUT2D eigenvalue weighted by atomic mass is 16.5. The van der Waals surface area contributed by atoms with Gasteiger partial charge in [0.2, 0.25) is 5.91 Å². The van der Waals surface area contributed by atoms with Gasteiger partial charge in [-0.2, -0.15) is 0 Å². The van der Waals surface area contributed by atoms with E-state index in [1.807, 2.05) is 20.9 Å². The number of aldehydes is 1. The first-order valence-electron chi connectivity index (χ1n) is 14.0. The van der Waals surface area contributed by atoms with Gasteiger partial charge in [0.15, 0.2) is 0 Å². The predicted octanol–water partition coefficient (Wildman–Crippen LogP) is 4.65. The van der Waals surface area contributed by atoms with Crippen LogP contribution < -0.4 is 5.32 Å². The van der Waals surface area contributed by atoms with Crippen molar-refractivity contribution < 1.29 is 19.1 Å². The topological polar surface area (TPSA) is 79.0 Å². The highest BCUT2D eigenvalue weighted by molar-refractivity contribution is 6.03. The normalized spacial score (nSPS) is 18.6. The number of hydrogen-bond acceptors (Lipinski definition) is 5. The molecule has 2 aliphatic heterocycles. The van der Waals surface area contributed by atoms with Gasteiger partial charge in [-0.15, -0.1) is 0 Å². The van der Waals surface area contributed by atoms with Gasteiger partial charge < -0.3 is 24.6 Å². The summed E-state index contributed by atoms with van der Waals surface area (Å²) in [6.07, 6.45) is 7.79. The van der Waals surface area contributed by atoms with E-state index in [9.17, 15) is 14.4 Å². The Morgan fingerprint density at radius 3 is 2.38 bits per heavy atom. The second-order valence-electron chi connectivity index (χ2n) is 10.5. The van der Waals surface area contributed by atoms with Gasteiger partial charge in [0, 0.05) is 38.9 Å². The first-order valence-corrected chi connectivity index (χ1v) is 14.0. The van der Waals surface area contributed by atoms with E-state index in [4.69, 9.17) is 4.74 Å². The van der Waals surface area contributed by atoms with Crippen molar-refractivity contribution in [2.75, 3.05) is 33.9 Å². The average molecular weight is 538 g/mol. The number of ether oxygens (including phenoxy) is 1. The Balaban J connectivity index is 0.000000293. The molecule has 1 aromatic carbocycles. The number of methoxy groups -OCH3 is 1. The molecule has 0 aliphatic carbocycles. The molecule has 3 rings (SSSR count). The number of nitrogens with zero attached hydrogens (tertiary/aromatic N) is 2. The molecule has 0 radical (unpaired) electrons. The molecule has 7 heteroatoms. The van der Waals surface area contributed by atoms with E-state index in [1.54, 1.807) is 23.0 Å². The maximum absolute atomic E-state index is 13.0. The quantitative estimate of drug-likeness (QED) is 0.371. The van der Waals surface area contributed by atoms with Crippen molar-refractivity contribution in [3.63, 3.8) is 0 Å². The summed E-state index contributed by atoms with van der Waals surface area (Å²) in [7, 11) is 3.74. The summed E-state index contributed by atoms with van der Waals surface area (Å²) in [5.74, 6) is 0.249. The number of hydrogen-bond donors (Lipinski definition) is 1. The minimum Gasteiger partial charge on any atom is -0.385 e. The lowest BCUT2D eigenvalue weighted by Crippen LogP contribution is -2.53. The van der Waals surface area contributed by atoms with Crippen molar-refractivity contribution in [1.29, 1.82) is 0 Å². The van der Waals surface area contributed by atoms with E-state index in [1.165, 1.54) is 23.6 Å². The Kier molecular flexibility index (Phi) is 13.3. The maximum Gasteiger partial charge on any atom is 0.255 e. The summed E-state index contributed by atoms with van der Waals surface area (Å²) >= 11 is 0. The summed E-state index contributed by atoms with van der Waals surface area (Å²) in [5, 5.41) is 3.16. The van der Waals surface area contributed by atoms with Gasteiger partial charge >= 0.3 is 0 Å². The van der Waals surface area contributed by atoms with Crippen molar-refractivity contribution >= 4 is 18.1 Å². The van der Waals surface area contributed by atoms with Crippen molar-refractivity contribution in [3.05, 3.63) is 71.8 Å². The Morgan fingerprint density at radius 2 is 1.90 bits per heavy atom. The smallest absolute Gasteiger partial charge is 0.255 e. The zero-order chi connectivity index (χ0) is 28.9. The number of amides is 2. The highest BCUT2D eigenvalue weighted by Crippen LogP contribution is 2.28. The van der Waals surface area contributed by atoms with Crippen molar-refractivity contribution in [1.82, 2.24) is 15.1 Å². The number of nitrogens with one attached hydrogen (secondary N) is 1. The van der Waals surface area contributed by atoms with Crippen molar-refractivity contribution in [2.45, 2.75) is 71.0 Å². The summed E-state index contributed by atoms with van der Waals surface area (Å²) in [5.41, 5.74) is 4.07. The van der Waals surface area contributed by atoms with Crippen LogP contribution in [0.15, 0.2) is 60.7 Å². The van der Waals surface area contributed by atoms with E-state index in [0.29, 0.717) is 31.0 Å². The molecule has 1 fully saturated rings. The van der Waals surface area contributed by atoms with Gasteiger partial charge in [0.05, 0.1) is 6.04 Å². The highest BCUT2D eigenvalue weighted by Gasteiger charge is 2.42. The van der Waals surface area contributed by atoms with Crippen LogP contribution in [0.3, 0.4) is 0 Å². The van der Waals surface area contributed by atoms with E-state index in [-0.39, 0.29) is 23.8 Å². The predicted molar refractivity (Wildman–Crippen MR) is 157 cm³/mol. The van der Waals surface area contributed by atoms with Gasteiger partial charge in [0.25, 0.3) is 5.91 Å². The van der Waals surface area contributed by atoms with Crippen LogP contribution in [-0.2, 0) is 25.7 Å². The van der Waals surface area contributed by atoms with Crippen molar-refractivity contribution in [3.8, 4) is 0 Å². The fourth-order valence-electron chi connectivity index (χ4n) is 5.38. The molecular weight excluding hydrogens is 490 g/mol. The average Bonchev–Trinajstić information content (AvgIpc) is 3.54. The lowest BCUT2D eigenvalue weighted by atomic mass is 9.93. The minimum absolute atomic E-state index is 0.0467. The molecule has 0 aromatic heterocycles. The monoisotopic (exact) mass is 537 g/mol. The molecule has 2 heterocycles. The molecule has 1 saturated heterocycles. The van der Waals surface area contributed by atoms with Gasteiger partial charge in [-0.05, 0) is 61.3 Å². The number of benzene rings is 1. The van der Waals surface area contributed by atoms with E-state index < -0.39 is 6.04 Å². The summed E-state index contributed by atoms with van der Waals surface area (Å²) < 4.78 is 5.15. The Hall–Kier alpha value is -3.03. The van der Waals surface area contributed by atoms with Gasteiger partial charge in [0.1, 0.15) is 12.3 Å². The fourth-order valence-corrected chi connectivity index (χ4v) is 5.38. The second kappa shape index (κ2) is 16.2. The second-order valence-corrected chi connectivity index (χ2v) is 10.5. The van der Waals surface area contributed by atoms with Crippen LogP contribution in [0.4, 0.5) is 0 Å². The molecule has 0 spiro atoms. The summed E-state index contributed by atoms with van der Waals surface area (Å²) in [4.78, 5) is 40.0. The third-order valence-corrected chi connectivity index (χ3v) is 7.58. The Labute approximate surface area is 235 Å². The van der Waals surface area contributed by atoms with Crippen LogP contribution in [0.25, 0.3) is 0 Å². The number of carbonyl (C=O) groups excluding carboxylic acids is 3. The zero-order valence-electron chi connectivity index (χ0n) is 24.4. The Morgan fingerprint density at radius 1 is 1.21 bits per heavy atom. The molecule has 3 atom stereocenters. The van der Waals surface area contributed by atoms with Crippen LogP contribution in [0.5, 0.6) is 0 Å². The molecule has 2 aliphatic rings. The maximum atomic E-state index is 13.0. The lowest BCUT2D eigenvalue weighted by molar-refractivity contribution is -0.146. The van der Waals surface area contributed by atoms with Crippen molar-refractivity contribution in [2.24, 2.45) is 5.92 Å². The van der Waals surface area contributed by atoms with E-state index in [2.05, 4.69) is 49.7 Å². The number of carbonyl (C=O) groups is 3. The standard InChI is InChI=1S/C18H24N2O3.C14H23NO/c1-5-13-10-20(17(22)15(13)6-2)16(12(3)4)18(23)19-9-7-8-14(19)11-21;1-4-13(9-10-16-3)14-7-5-12(6-8-14)11-15-2/h5-6,11-12,14,16H,1-2,7-10H2,3-4H3;5-8,13,15H,4,9-11H2,1-3H3. The van der Waals surface area contributed by atoms with E-state index in [0.717, 1.165) is 37.9 Å². The number of likely N-dealkylation sites (tertiary alicyclic amines) is 1. The first kappa shape index (κ1) is 32.2. The molecule has 1 N–H and O–H groups in total. The molecule has 39 heavy (non-hydrogen) atoms. The minimum atomic E-state index is -0.574. The van der Waals surface area contributed by atoms with Crippen LogP contribution in [0.1, 0.15) is 63.5 Å². The fraction of sp³-hybridized carbons (Fsp3) is 0.531. The van der Waals surface area contributed by atoms with Crippen LogP contribution >= 0.6 is 0 Å². The SMILES string of the molecule is C=CC1=C(C=C)C(=O)N(C(C(=O)N2CCCC2C=O)C(C)C)C1.CCC(CCOC)c1ccc(CNC)cc1. The summed E-state index contributed by atoms with van der Waals surface area (Å²) in [6.45, 7) is 16.2. The largest absolute Gasteiger partial charge is 0.385 e. The third kappa shape index (κ3) is 8.23.